The van der Waals surface area contributed by atoms with Crippen molar-refractivity contribution in [2.24, 2.45) is 10.2 Å². The van der Waals surface area contributed by atoms with Crippen molar-refractivity contribution in [2.75, 3.05) is 0 Å². The number of aromatic hydroxyl groups is 1. The van der Waals surface area contributed by atoms with Gasteiger partial charge in [-0.2, -0.15) is 10.2 Å². The Bertz CT molecular complexity index is 742. The quantitative estimate of drug-likeness (QED) is 0.506. The van der Waals surface area contributed by atoms with Crippen LogP contribution in [0.5, 0.6) is 5.75 Å². The molecule has 21 heavy (non-hydrogen) atoms. The molecule has 8 heteroatoms. The third-order valence-corrected chi connectivity index (χ3v) is 2.53. The summed E-state index contributed by atoms with van der Waals surface area (Å²) in [4.78, 5) is 20.8. The molecule has 0 atom stereocenters. The van der Waals surface area contributed by atoms with Crippen LogP contribution in [0.15, 0.2) is 52.7 Å². The maximum Gasteiger partial charge on any atom is 0.339 e. The van der Waals surface area contributed by atoms with Crippen molar-refractivity contribution in [1.29, 1.82) is 0 Å². The van der Waals surface area contributed by atoms with Gasteiger partial charge in [0, 0.05) is 18.2 Å². The number of phenols is 1. The van der Waals surface area contributed by atoms with Crippen molar-refractivity contribution in [3.8, 4) is 5.75 Å². The summed E-state index contributed by atoms with van der Waals surface area (Å²) in [6.45, 7) is 0. The van der Waals surface area contributed by atoms with E-state index >= 15 is 0 Å². The van der Waals surface area contributed by atoms with Gasteiger partial charge in [0.15, 0.2) is 0 Å². The van der Waals surface area contributed by atoms with Gasteiger partial charge in [-0.05, 0) is 18.2 Å². The number of nitro groups is 1. The van der Waals surface area contributed by atoms with Gasteiger partial charge in [-0.3, -0.25) is 10.1 Å². The van der Waals surface area contributed by atoms with E-state index in [4.69, 9.17) is 5.11 Å². The number of carbonyl (C=O) groups is 1. The number of benzene rings is 2. The summed E-state index contributed by atoms with van der Waals surface area (Å²) in [5, 5.41) is 36.5. The van der Waals surface area contributed by atoms with Crippen LogP contribution in [0.3, 0.4) is 0 Å². The van der Waals surface area contributed by atoms with Crippen LogP contribution in [-0.2, 0) is 0 Å². The molecule has 0 fully saturated rings. The van der Waals surface area contributed by atoms with Gasteiger partial charge >= 0.3 is 5.97 Å². The van der Waals surface area contributed by atoms with E-state index in [-0.39, 0.29) is 22.6 Å². The summed E-state index contributed by atoms with van der Waals surface area (Å²) in [6, 6.07) is 9.27. The van der Waals surface area contributed by atoms with Crippen molar-refractivity contribution >= 4 is 23.0 Å². The molecule has 2 aromatic carbocycles. The number of azo groups is 1. The van der Waals surface area contributed by atoms with Crippen LogP contribution in [0.1, 0.15) is 10.4 Å². The van der Waals surface area contributed by atoms with Crippen molar-refractivity contribution in [1.82, 2.24) is 0 Å². The predicted octanol–water partition coefficient (Wildman–Crippen LogP) is 3.41. The number of carboxylic acids is 1. The first-order chi connectivity index (χ1) is 9.97. The Morgan fingerprint density at radius 2 is 1.76 bits per heavy atom. The molecule has 2 aromatic rings. The fourth-order valence-electron chi connectivity index (χ4n) is 1.55. The molecule has 0 heterocycles. The van der Waals surface area contributed by atoms with Gasteiger partial charge in [-0.15, -0.1) is 0 Å². The lowest BCUT2D eigenvalue weighted by Gasteiger charge is -1.99. The largest absolute Gasteiger partial charge is 0.507 e. The fraction of sp³-hybridized carbons (Fsp3) is 0. The number of nitrogens with zero attached hydrogens (tertiary/aromatic N) is 3. The lowest BCUT2D eigenvalue weighted by atomic mass is 10.2. The number of hydrogen-bond donors (Lipinski definition) is 2. The van der Waals surface area contributed by atoms with Crippen LogP contribution < -0.4 is 0 Å². The molecule has 0 bridgehead atoms. The summed E-state index contributed by atoms with van der Waals surface area (Å²) in [7, 11) is 0. The van der Waals surface area contributed by atoms with Crippen LogP contribution in [0.2, 0.25) is 0 Å². The van der Waals surface area contributed by atoms with Gasteiger partial charge in [-0.25, -0.2) is 4.79 Å². The SMILES string of the molecule is O=C(O)c1ccc(N=Nc2cccc([N+](=O)[O-])c2)cc1O. The van der Waals surface area contributed by atoms with E-state index in [1.165, 1.54) is 36.4 Å². The predicted molar refractivity (Wildman–Crippen MR) is 72.3 cm³/mol. The maximum absolute atomic E-state index is 10.7. The van der Waals surface area contributed by atoms with Gasteiger partial charge < -0.3 is 10.2 Å². The molecule has 0 radical (unpaired) electrons. The Hall–Kier alpha value is -3.29. The third-order valence-electron chi connectivity index (χ3n) is 2.53. The molecule has 0 aliphatic rings. The van der Waals surface area contributed by atoms with Crippen molar-refractivity contribution < 1.29 is 19.9 Å². The minimum Gasteiger partial charge on any atom is -0.507 e. The Balaban J connectivity index is 2.25. The van der Waals surface area contributed by atoms with E-state index in [2.05, 4.69) is 10.2 Å². The highest BCUT2D eigenvalue weighted by atomic mass is 16.6. The second-order valence-corrected chi connectivity index (χ2v) is 3.98. The fourth-order valence-corrected chi connectivity index (χ4v) is 1.55. The first-order valence-electron chi connectivity index (χ1n) is 5.70. The van der Waals surface area contributed by atoms with Crippen LogP contribution in [0.25, 0.3) is 0 Å². The molecular weight excluding hydrogens is 278 g/mol. The third kappa shape index (κ3) is 3.38. The number of rotatable bonds is 4. The highest BCUT2D eigenvalue weighted by molar-refractivity contribution is 5.91. The van der Waals surface area contributed by atoms with E-state index in [1.807, 2.05) is 0 Å². The van der Waals surface area contributed by atoms with Crippen LogP contribution in [0.4, 0.5) is 17.1 Å². The molecule has 0 aliphatic heterocycles. The van der Waals surface area contributed by atoms with E-state index in [0.29, 0.717) is 0 Å². The molecule has 0 spiro atoms. The minimum atomic E-state index is -1.25. The molecule has 0 amide bonds. The van der Waals surface area contributed by atoms with Gasteiger partial charge in [-0.1, -0.05) is 6.07 Å². The van der Waals surface area contributed by atoms with E-state index in [1.54, 1.807) is 0 Å². The van der Waals surface area contributed by atoms with Gasteiger partial charge in [0.05, 0.1) is 16.3 Å². The number of nitro benzene ring substituents is 1. The lowest BCUT2D eigenvalue weighted by Crippen LogP contribution is -1.95. The lowest BCUT2D eigenvalue weighted by molar-refractivity contribution is -0.384. The summed E-state index contributed by atoms with van der Waals surface area (Å²) in [6.07, 6.45) is 0. The monoisotopic (exact) mass is 287 g/mol. The van der Waals surface area contributed by atoms with Gasteiger partial charge in [0.2, 0.25) is 0 Å². The molecule has 0 unspecified atom stereocenters. The molecule has 0 aliphatic carbocycles. The van der Waals surface area contributed by atoms with Crippen LogP contribution >= 0.6 is 0 Å². The van der Waals surface area contributed by atoms with Crippen molar-refractivity contribution in [3.63, 3.8) is 0 Å². The Morgan fingerprint density at radius 1 is 1.10 bits per heavy atom. The number of hydrogen-bond acceptors (Lipinski definition) is 6. The minimum absolute atomic E-state index is 0.115. The zero-order valence-corrected chi connectivity index (χ0v) is 10.5. The average Bonchev–Trinajstić information content (AvgIpc) is 2.45. The average molecular weight is 287 g/mol. The molecule has 0 aromatic heterocycles. The topological polar surface area (TPSA) is 125 Å². The molecule has 0 saturated carbocycles. The zero-order chi connectivity index (χ0) is 15.4. The Labute approximate surface area is 118 Å². The number of carboxylic acid groups (broad SMARTS) is 1. The van der Waals surface area contributed by atoms with Crippen LogP contribution in [-0.4, -0.2) is 21.1 Å². The standard InChI is InChI=1S/C13H9N3O5/c17-12-7-9(4-5-11(12)13(18)19)15-14-8-2-1-3-10(6-8)16(20)21/h1-7,17H,(H,18,19). The summed E-state index contributed by atoms with van der Waals surface area (Å²) in [5.41, 5.74) is 0.134. The van der Waals surface area contributed by atoms with Crippen molar-refractivity contribution in [2.45, 2.75) is 0 Å². The maximum atomic E-state index is 10.7. The second kappa shape index (κ2) is 5.78. The Morgan fingerprint density at radius 3 is 2.33 bits per heavy atom. The Kier molecular flexibility index (Phi) is 3.89. The molecule has 106 valence electrons. The normalized spacial score (nSPS) is 10.7. The van der Waals surface area contributed by atoms with Crippen LogP contribution in [0, 0.1) is 10.1 Å². The summed E-state index contributed by atoms with van der Waals surface area (Å²) < 4.78 is 0. The molecule has 2 N–H and O–H groups in total. The summed E-state index contributed by atoms with van der Waals surface area (Å²) in [5.74, 6) is -1.69. The zero-order valence-electron chi connectivity index (χ0n) is 10.5. The molecule has 0 saturated heterocycles. The number of non-ortho nitro benzene ring substituents is 1. The molecule has 2 rings (SSSR count). The molecular formula is C13H9N3O5. The molecule has 8 nitrogen and oxygen atoms in total. The first-order valence-corrected chi connectivity index (χ1v) is 5.70. The summed E-state index contributed by atoms with van der Waals surface area (Å²) >= 11 is 0. The van der Waals surface area contributed by atoms with E-state index < -0.39 is 16.6 Å². The second-order valence-electron chi connectivity index (χ2n) is 3.98. The number of aromatic carboxylic acids is 1. The smallest absolute Gasteiger partial charge is 0.339 e. The van der Waals surface area contributed by atoms with E-state index in [0.717, 1.165) is 6.07 Å². The van der Waals surface area contributed by atoms with Crippen molar-refractivity contribution in [3.05, 3.63) is 58.1 Å². The van der Waals surface area contributed by atoms with Gasteiger partial charge in [0.25, 0.3) is 5.69 Å². The van der Waals surface area contributed by atoms with Gasteiger partial charge in [0.1, 0.15) is 11.3 Å². The first kappa shape index (κ1) is 14.1. The highest BCUT2D eigenvalue weighted by Crippen LogP contribution is 2.26. The van der Waals surface area contributed by atoms with E-state index in [9.17, 15) is 20.0 Å². The highest BCUT2D eigenvalue weighted by Gasteiger charge is 2.09.